The summed E-state index contributed by atoms with van der Waals surface area (Å²) in [5, 5.41) is 2.90. The summed E-state index contributed by atoms with van der Waals surface area (Å²) in [5.41, 5.74) is 1.47. The number of pyridine rings is 1. The van der Waals surface area contributed by atoms with E-state index >= 15 is 0 Å². The molecule has 3 heterocycles. The lowest BCUT2D eigenvalue weighted by Gasteiger charge is -2.36. The van der Waals surface area contributed by atoms with Crippen LogP contribution < -0.4 is 15.1 Å². The Kier molecular flexibility index (Phi) is 5.96. The Bertz CT molecular complexity index is 714. The maximum Gasteiger partial charge on any atom is 0.269 e. The Morgan fingerprint density at radius 3 is 2.46 bits per heavy atom. The van der Waals surface area contributed by atoms with E-state index in [1.807, 2.05) is 37.2 Å². The van der Waals surface area contributed by atoms with Crippen LogP contribution in [0.2, 0.25) is 0 Å². The lowest BCUT2D eigenvalue weighted by atomic mass is 10.2. The third-order valence-corrected chi connectivity index (χ3v) is 4.30. The predicted molar refractivity (Wildman–Crippen MR) is 102 cm³/mol. The van der Waals surface area contributed by atoms with Crippen LogP contribution in [0.15, 0.2) is 36.8 Å². The molecule has 1 N–H and O–H groups in total. The maximum absolute atomic E-state index is 12.3. The zero-order chi connectivity index (χ0) is 18.4. The Morgan fingerprint density at radius 1 is 1.08 bits per heavy atom. The van der Waals surface area contributed by atoms with E-state index in [0.717, 1.165) is 44.4 Å². The standard InChI is InChI=1S/C18H25N7O/c1-23(2)9-8-20-17(26)16-14-15(4-7-19-16)24-10-12-25(13-11-24)18-21-5-3-6-22-18/h3-7,14H,8-13H2,1-2H3,(H,20,26). The number of hydrogen-bond donors (Lipinski definition) is 1. The van der Waals surface area contributed by atoms with Crippen LogP contribution >= 0.6 is 0 Å². The quantitative estimate of drug-likeness (QED) is 0.808. The molecule has 1 aliphatic rings. The Morgan fingerprint density at radius 2 is 1.77 bits per heavy atom. The molecule has 0 aliphatic carbocycles. The first kappa shape index (κ1) is 18.1. The lowest BCUT2D eigenvalue weighted by molar-refractivity contribution is 0.0946. The lowest BCUT2D eigenvalue weighted by Crippen LogP contribution is -2.47. The van der Waals surface area contributed by atoms with Gasteiger partial charge in [-0.1, -0.05) is 0 Å². The van der Waals surface area contributed by atoms with E-state index in [-0.39, 0.29) is 5.91 Å². The van der Waals surface area contributed by atoms with Gasteiger partial charge in [-0.25, -0.2) is 9.97 Å². The van der Waals surface area contributed by atoms with E-state index in [2.05, 4.69) is 30.1 Å². The fourth-order valence-electron chi connectivity index (χ4n) is 2.84. The first-order valence-electron chi connectivity index (χ1n) is 8.79. The summed E-state index contributed by atoms with van der Waals surface area (Å²) in [6.07, 6.45) is 5.22. The Hall–Kier alpha value is -2.74. The molecular weight excluding hydrogens is 330 g/mol. The largest absolute Gasteiger partial charge is 0.368 e. The summed E-state index contributed by atoms with van der Waals surface area (Å²) >= 11 is 0. The Balaban J connectivity index is 1.58. The first-order valence-corrected chi connectivity index (χ1v) is 8.79. The Labute approximate surface area is 153 Å². The second kappa shape index (κ2) is 8.57. The van der Waals surface area contributed by atoms with Crippen LogP contribution in [0.25, 0.3) is 0 Å². The number of nitrogens with zero attached hydrogens (tertiary/aromatic N) is 6. The summed E-state index contributed by atoms with van der Waals surface area (Å²) in [5.74, 6) is 0.632. The zero-order valence-corrected chi connectivity index (χ0v) is 15.3. The van der Waals surface area contributed by atoms with Crippen molar-refractivity contribution < 1.29 is 4.79 Å². The van der Waals surface area contributed by atoms with Crippen molar-refractivity contribution in [3.8, 4) is 0 Å². The van der Waals surface area contributed by atoms with Gasteiger partial charge in [0.2, 0.25) is 5.95 Å². The molecule has 8 heteroatoms. The number of piperazine rings is 1. The van der Waals surface area contributed by atoms with Crippen molar-refractivity contribution in [2.75, 3.05) is 63.2 Å². The van der Waals surface area contributed by atoms with Crippen LogP contribution in [0.3, 0.4) is 0 Å². The third kappa shape index (κ3) is 4.66. The molecule has 3 rings (SSSR count). The van der Waals surface area contributed by atoms with Gasteiger partial charge in [0.05, 0.1) is 0 Å². The van der Waals surface area contributed by atoms with Gasteiger partial charge in [-0.2, -0.15) is 0 Å². The number of nitrogens with one attached hydrogen (secondary N) is 1. The van der Waals surface area contributed by atoms with Crippen molar-refractivity contribution in [1.82, 2.24) is 25.2 Å². The zero-order valence-electron chi connectivity index (χ0n) is 15.3. The van der Waals surface area contributed by atoms with E-state index in [1.165, 1.54) is 0 Å². The number of carbonyl (C=O) groups excluding carboxylic acids is 1. The second-order valence-corrected chi connectivity index (χ2v) is 6.48. The highest BCUT2D eigenvalue weighted by Crippen LogP contribution is 2.18. The number of anilines is 2. The highest BCUT2D eigenvalue weighted by atomic mass is 16.1. The van der Waals surface area contributed by atoms with Gasteiger partial charge in [-0.05, 0) is 32.3 Å². The normalized spacial score (nSPS) is 14.6. The topological polar surface area (TPSA) is 77.5 Å². The summed E-state index contributed by atoms with van der Waals surface area (Å²) in [6, 6.07) is 5.63. The van der Waals surface area contributed by atoms with Gasteiger partial charge in [0.1, 0.15) is 5.69 Å². The molecule has 1 fully saturated rings. The molecule has 8 nitrogen and oxygen atoms in total. The molecule has 1 amide bonds. The van der Waals surface area contributed by atoms with Gasteiger partial charge in [-0.15, -0.1) is 0 Å². The van der Waals surface area contributed by atoms with Gasteiger partial charge in [0, 0.05) is 63.5 Å². The van der Waals surface area contributed by atoms with Crippen LogP contribution in [0.4, 0.5) is 11.6 Å². The SMILES string of the molecule is CN(C)CCNC(=O)c1cc(N2CCN(c3ncccn3)CC2)ccn1. The van der Waals surface area contributed by atoms with Gasteiger partial charge in [-0.3, -0.25) is 9.78 Å². The van der Waals surface area contributed by atoms with Gasteiger partial charge < -0.3 is 20.0 Å². The highest BCUT2D eigenvalue weighted by Gasteiger charge is 2.20. The van der Waals surface area contributed by atoms with Crippen molar-refractivity contribution in [3.05, 3.63) is 42.5 Å². The molecule has 2 aromatic heterocycles. The predicted octanol–water partition coefficient (Wildman–Crippen LogP) is 0.490. The number of amides is 1. The maximum atomic E-state index is 12.3. The van der Waals surface area contributed by atoms with Crippen molar-refractivity contribution in [1.29, 1.82) is 0 Å². The van der Waals surface area contributed by atoms with Crippen LogP contribution in [0.1, 0.15) is 10.5 Å². The summed E-state index contributed by atoms with van der Waals surface area (Å²) < 4.78 is 0. The molecule has 0 unspecified atom stereocenters. The summed E-state index contributed by atoms with van der Waals surface area (Å²) in [7, 11) is 3.95. The number of hydrogen-bond acceptors (Lipinski definition) is 7. The molecule has 2 aromatic rings. The van der Waals surface area contributed by atoms with Crippen LogP contribution in [-0.4, -0.2) is 79.1 Å². The molecular formula is C18H25N7O. The minimum absolute atomic E-state index is 0.134. The van der Waals surface area contributed by atoms with Crippen molar-refractivity contribution in [2.24, 2.45) is 0 Å². The van der Waals surface area contributed by atoms with Crippen LogP contribution in [0.5, 0.6) is 0 Å². The minimum Gasteiger partial charge on any atom is -0.368 e. The minimum atomic E-state index is -0.134. The molecule has 0 bridgehead atoms. The molecule has 0 radical (unpaired) electrons. The summed E-state index contributed by atoms with van der Waals surface area (Å²) in [6.45, 7) is 4.80. The fourth-order valence-corrected chi connectivity index (χ4v) is 2.84. The number of likely N-dealkylation sites (N-methyl/N-ethyl adjacent to an activating group) is 1. The van der Waals surface area contributed by atoms with E-state index in [1.54, 1.807) is 18.6 Å². The highest BCUT2D eigenvalue weighted by molar-refractivity contribution is 5.93. The monoisotopic (exact) mass is 355 g/mol. The molecule has 1 aliphatic heterocycles. The van der Waals surface area contributed by atoms with Gasteiger partial charge in [0.25, 0.3) is 5.91 Å². The molecule has 0 aromatic carbocycles. The first-order chi connectivity index (χ1) is 12.6. The van der Waals surface area contributed by atoms with Crippen molar-refractivity contribution in [2.45, 2.75) is 0 Å². The van der Waals surface area contributed by atoms with E-state index < -0.39 is 0 Å². The average molecular weight is 355 g/mol. The van der Waals surface area contributed by atoms with Crippen molar-refractivity contribution in [3.63, 3.8) is 0 Å². The second-order valence-electron chi connectivity index (χ2n) is 6.48. The molecule has 0 saturated carbocycles. The number of aromatic nitrogens is 3. The van der Waals surface area contributed by atoms with Crippen LogP contribution in [-0.2, 0) is 0 Å². The molecule has 0 spiro atoms. The molecule has 26 heavy (non-hydrogen) atoms. The van der Waals surface area contributed by atoms with E-state index in [9.17, 15) is 4.79 Å². The van der Waals surface area contributed by atoms with Gasteiger partial charge >= 0.3 is 0 Å². The van der Waals surface area contributed by atoms with Gasteiger partial charge in [0.15, 0.2) is 0 Å². The van der Waals surface area contributed by atoms with Crippen LogP contribution in [0, 0.1) is 0 Å². The third-order valence-electron chi connectivity index (χ3n) is 4.30. The molecule has 138 valence electrons. The number of carbonyl (C=O) groups is 1. The van der Waals surface area contributed by atoms with E-state index in [4.69, 9.17) is 0 Å². The molecule has 0 atom stereocenters. The van der Waals surface area contributed by atoms with Crippen molar-refractivity contribution >= 4 is 17.5 Å². The molecule has 1 saturated heterocycles. The number of rotatable bonds is 6. The fraction of sp³-hybridized carbons (Fsp3) is 0.444. The summed E-state index contributed by atoms with van der Waals surface area (Å²) in [4.78, 5) is 31.6. The smallest absolute Gasteiger partial charge is 0.269 e. The van der Waals surface area contributed by atoms with E-state index in [0.29, 0.717) is 12.2 Å². The average Bonchev–Trinajstić information content (AvgIpc) is 2.68.